The van der Waals surface area contributed by atoms with Gasteiger partial charge < -0.3 is 20.3 Å². The predicted molar refractivity (Wildman–Crippen MR) is 114 cm³/mol. The van der Waals surface area contributed by atoms with Crippen molar-refractivity contribution in [1.29, 1.82) is 0 Å². The predicted octanol–water partition coefficient (Wildman–Crippen LogP) is 2.64. The van der Waals surface area contributed by atoms with Gasteiger partial charge in [0.1, 0.15) is 0 Å². The summed E-state index contributed by atoms with van der Waals surface area (Å²) in [5.41, 5.74) is 0.995. The van der Waals surface area contributed by atoms with E-state index in [1.54, 1.807) is 13.3 Å². The Morgan fingerprint density at radius 1 is 1.36 bits per heavy atom. The fourth-order valence-electron chi connectivity index (χ4n) is 3.02. The Bertz CT molecular complexity index is 518. The molecule has 2 N–H and O–H groups in total. The zero-order chi connectivity index (χ0) is 17.2. The third-order valence-corrected chi connectivity index (χ3v) is 4.26. The lowest BCUT2D eigenvalue weighted by Crippen LogP contribution is -2.48. The fourth-order valence-corrected chi connectivity index (χ4v) is 3.02. The monoisotopic (exact) mass is 461 g/mol. The minimum atomic E-state index is 0. The van der Waals surface area contributed by atoms with E-state index in [1.165, 1.54) is 38.9 Å². The van der Waals surface area contributed by atoms with Crippen LogP contribution in [0.1, 0.15) is 38.7 Å². The van der Waals surface area contributed by atoms with Gasteiger partial charge in [0.2, 0.25) is 5.88 Å². The van der Waals surface area contributed by atoms with Crippen LogP contribution in [-0.4, -0.2) is 55.2 Å². The van der Waals surface area contributed by atoms with Crippen LogP contribution in [0.2, 0.25) is 0 Å². The quantitative estimate of drug-likeness (QED) is 0.372. The number of nitrogens with zero attached hydrogens (tertiary/aromatic N) is 3. The molecule has 0 bridgehead atoms. The number of methoxy groups -OCH3 is 1. The molecule has 1 aliphatic rings. The molecule has 1 aliphatic heterocycles. The second kappa shape index (κ2) is 12.3. The maximum Gasteiger partial charge on any atom is 0.218 e. The first-order chi connectivity index (χ1) is 11.8. The molecule has 0 aromatic carbocycles. The molecule has 6 nitrogen and oxygen atoms in total. The van der Waals surface area contributed by atoms with E-state index in [0.29, 0.717) is 18.5 Å². The lowest BCUT2D eigenvalue weighted by Gasteiger charge is -2.32. The molecule has 0 unspecified atom stereocenters. The zero-order valence-electron chi connectivity index (χ0n) is 15.6. The standard InChI is InChI=1S/C18H31N5O.HI/c1-4-11-23-12-8-16(9-13-23)22-18(19-5-2)21-14-15-7-6-10-20-17(15)24-3;/h6-7,10,16H,4-5,8-9,11-14H2,1-3H3,(H2,19,21,22);1H. The van der Waals surface area contributed by atoms with E-state index in [4.69, 9.17) is 9.73 Å². The molecule has 0 radical (unpaired) electrons. The fraction of sp³-hybridized carbons (Fsp3) is 0.667. The summed E-state index contributed by atoms with van der Waals surface area (Å²) in [5, 5.41) is 6.92. The minimum Gasteiger partial charge on any atom is -0.481 e. The maximum absolute atomic E-state index is 5.30. The number of nitrogens with one attached hydrogen (secondary N) is 2. The lowest BCUT2D eigenvalue weighted by molar-refractivity contribution is 0.206. The van der Waals surface area contributed by atoms with E-state index < -0.39 is 0 Å². The first-order valence-electron chi connectivity index (χ1n) is 9.01. The molecule has 2 heterocycles. The van der Waals surface area contributed by atoms with Gasteiger partial charge in [-0.2, -0.15) is 0 Å². The molecule has 0 spiro atoms. The average Bonchev–Trinajstić information content (AvgIpc) is 2.62. The normalized spacial score (nSPS) is 16.2. The van der Waals surface area contributed by atoms with Gasteiger partial charge in [0.15, 0.2) is 5.96 Å². The maximum atomic E-state index is 5.30. The van der Waals surface area contributed by atoms with Crippen LogP contribution >= 0.6 is 24.0 Å². The molecule has 0 amide bonds. The summed E-state index contributed by atoms with van der Waals surface area (Å²) in [6, 6.07) is 4.41. The first kappa shape index (κ1) is 22.0. The summed E-state index contributed by atoms with van der Waals surface area (Å²) in [6.07, 6.45) is 5.30. The van der Waals surface area contributed by atoms with Crippen LogP contribution in [0.15, 0.2) is 23.3 Å². The Balaban J connectivity index is 0.00000312. The number of hydrogen-bond donors (Lipinski definition) is 2. The summed E-state index contributed by atoms with van der Waals surface area (Å²) < 4.78 is 5.30. The Morgan fingerprint density at radius 2 is 2.12 bits per heavy atom. The molecular formula is C18H32IN5O. The van der Waals surface area contributed by atoms with Gasteiger partial charge in [-0.05, 0) is 38.8 Å². The van der Waals surface area contributed by atoms with Crippen molar-refractivity contribution in [2.24, 2.45) is 4.99 Å². The van der Waals surface area contributed by atoms with E-state index in [0.717, 1.165) is 18.1 Å². The molecule has 1 aromatic rings. The van der Waals surface area contributed by atoms with Crippen LogP contribution < -0.4 is 15.4 Å². The van der Waals surface area contributed by atoms with Crippen molar-refractivity contribution in [1.82, 2.24) is 20.5 Å². The Kier molecular flexibility index (Phi) is 10.8. The number of hydrogen-bond acceptors (Lipinski definition) is 4. The molecule has 0 atom stereocenters. The molecule has 0 aliphatic carbocycles. The zero-order valence-corrected chi connectivity index (χ0v) is 18.0. The van der Waals surface area contributed by atoms with Gasteiger partial charge in [0.25, 0.3) is 0 Å². The molecule has 25 heavy (non-hydrogen) atoms. The number of guanidine groups is 1. The highest BCUT2D eigenvalue weighted by Crippen LogP contribution is 2.15. The number of ether oxygens (including phenoxy) is 1. The number of halogens is 1. The van der Waals surface area contributed by atoms with Crippen molar-refractivity contribution >= 4 is 29.9 Å². The highest BCUT2D eigenvalue weighted by Gasteiger charge is 2.19. The van der Waals surface area contributed by atoms with Crippen LogP contribution in [-0.2, 0) is 6.54 Å². The second-order valence-corrected chi connectivity index (χ2v) is 6.13. The third-order valence-electron chi connectivity index (χ3n) is 4.26. The van der Waals surface area contributed by atoms with Crippen molar-refractivity contribution < 1.29 is 4.74 Å². The topological polar surface area (TPSA) is 61.8 Å². The van der Waals surface area contributed by atoms with Crippen LogP contribution in [0.3, 0.4) is 0 Å². The summed E-state index contributed by atoms with van der Waals surface area (Å²) in [7, 11) is 1.64. The molecule has 1 fully saturated rings. The van der Waals surface area contributed by atoms with E-state index >= 15 is 0 Å². The van der Waals surface area contributed by atoms with Gasteiger partial charge in [-0.25, -0.2) is 9.98 Å². The molecule has 7 heteroatoms. The number of piperidine rings is 1. The summed E-state index contributed by atoms with van der Waals surface area (Å²) in [4.78, 5) is 11.5. The highest BCUT2D eigenvalue weighted by molar-refractivity contribution is 14.0. The largest absolute Gasteiger partial charge is 0.481 e. The molecule has 0 saturated carbocycles. The van der Waals surface area contributed by atoms with Crippen LogP contribution in [0, 0.1) is 0 Å². The lowest BCUT2D eigenvalue weighted by atomic mass is 10.1. The van der Waals surface area contributed by atoms with E-state index in [1.807, 2.05) is 12.1 Å². The Hall–Kier alpha value is -1.09. The van der Waals surface area contributed by atoms with Gasteiger partial charge in [-0.15, -0.1) is 24.0 Å². The number of pyridine rings is 1. The van der Waals surface area contributed by atoms with E-state index in [-0.39, 0.29) is 24.0 Å². The SMILES string of the molecule is CCCN1CCC(NC(=NCc2cccnc2OC)NCC)CC1.I. The number of aromatic nitrogens is 1. The smallest absolute Gasteiger partial charge is 0.218 e. The summed E-state index contributed by atoms with van der Waals surface area (Å²) in [5.74, 6) is 1.52. The van der Waals surface area contributed by atoms with Crippen molar-refractivity contribution in [3.63, 3.8) is 0 Å². The highest BCUT2D eigenvalue weighted by atomic mass is 127. The van der Waals surface area contributed by atoms with Crippen molar-refractivity contribution in [3.05, 3.63) is 23.9 Å². The molecule has 1 aromatic heterocycles. The average molecular weight is 461 g/mol. The van der Waals surface area contributed by atoms with Crippen molar-refractivity contribution in [2.75, 3.05) is 33.3 Å². The van der Waals surface area contributed by atoms with E-state index in [9.17, 15) is 0 Å². The van der Waals surface area contributed by atoms with Gasteiger partial charge in [-0.3, -0.25) is 0 Å². The van der Waals surface area contributed by atoms with Crippen LogP contribution in [0.5, 0.6) is 5.88 Å². The third kappa shape index (κ3) is 7.35. The summed E-state index contributed by atoms with van der Waals surface area (Å²) >= 11 is 0. The second-order valence-electron chi connectivity index (χ2n) is 6.13. The molecular weight excluding hydrogens is 429 g/mol. The van der Waals surface area contributed by atoms with Crippen LogP contribution in [0.4, 0.5) is 0 Å². The van der Waals surface area contributed by atoms with Gasteiger partial charge in [0.05, 0.1) is 13.7 Å². The van der Waals surface area contributed by atoms with E-state index in [2.05, 4.69) is 34.4 Å². The number of aliphatic imine (C=N–C) groups is 1. The Morgan fingerprint density at radius 3 is 2.76 bits per heavy atom. The number of rotatable bonds is 7. The van der Waals surface area contributed by atoms with Crippen molar-refractivity contribution in [3.8, 4) is 5.88 Å². The Labute approximate surface area is 168 Å². The molecule has 142 valence electrons. The minimum absolute atomic E-state index is 0. The van der Waals surface area contributed by atoms with Gasteiger partial charge in [-0.1, -0.05) is 13.0 Å². The van der Waals surface area contributed by atoms with Gasteiger partial charge >= 0.3 is 0 Å². The first-order valence-corrected chi connectivity index (χ1v) is 9.01. The summed E-state index contributed by atoms with van der Waals surface area (Å²) in [6.45, 7) is 9.29. The van der Waals surface area contributed by atoms with Gasteiger partial charge in [0, 0.05) is 37.4 Å². The van der Waals surface area contributed by atoms with Crippen LogP contribution in [0.25, 0.3) is 0 Å². The molecule has 1 saturated heterocycles. The number of likely N-dealkylation sites (tertiary alicyclic amines) is 1. The molecule has 2 rings (SSSR count). The van der Waals surface area contributed by atoms with Crippen molar-refractivity contribution in [2.45, 2.75) is 45.7 Å².